The van der Waals surface area contributed by atoms with Crippen LogP contribution in [0.2, 0.25) is 0 Å². The fraction of sp³-hybridized carbons (Fsp3) is 0.429. The Morgan fingerprint density at radius 3 is 2.40 bits per heavy atom. The van der Waals surface area contributed by atoms with E-state index in [9.17, 15) is 4.79 Å². The first-order valence-electron chi connectivity index (χ1n) is 6.49. The smallest absolute Gasteiger partial charge is 0.221 e. The van der Waals surface area contributed by atoms with Crippen molar-refractivity contribution in [1.82, 2.24) is 4.90 Å². The summed E-state index contributed by atoms with van der Waals surface area (Å²) in [6.07, 6.45) is 0. The number of thioether (sulfide) groups is 1. The lowest BCUT2D eigenvalue weighted by atomic mass is 10.1. The van der Waals surface area contributed by atoms with Crippen molar-refractivity contribution in [2.24, 2.45) is 5.16 Å². The fourth-order valence-corrected chi connectivity index (χ4v) is 2.79. The highest BCUT2D eigenvalue weighted by Gasteiger charge is 2.15. The highest BCUT2D eigenvalue weighted by atomic mass is 79.9. The minimum absolute atomic E-state index is 0.138. The molecule has 1 aromatic carbocycles. The van der Waals surface area contributed by atoms with Crippen molar-refractivity contribution in [2.45, 2.75) is 13.8 Å². The zero-order valence-corrected chi connectivity index (χ0v) is 14.1. The quantitative estimate of drug-likeness (QED) is 0.266. The number of carbonyl (C=O) groups excluding carboxylic acids is 1. The third kappa shape index (κ3) is 5.26. The second-order valence-corrected chi connectivity index (χ2v) is 6.12. The topological polar surface area (TPSA) is 52.9 Å². The molecule has 0 atom stereocenters. The molecule has 1 aromatic rings. The maximum absolute atomic E-state index is 12.2. The van der Waals surface area contributed by atoms with Crippen LogP contribution in [-0.4, -0.2) is 46.3 Å². The van der Waals surface area contributed by atoms with E-state index in [0.717, 1.165) is 29.9 Å². The van der Waals surface area contributed by atoms with Gasteiger partial charge in [0.15, 0.2) is 5.04 Å². The van der Waals surface area contributed by atoms with Gasteiger partial charge in [-0.25, -0.2) is 0 Å². The van der Waals surface area contributed by atoms with Crippen LogP contribution in [0.25, 0.3) is 0 Å². The van der Waals surface area contributed by atoms with Gasteiger partial charge in [-0.05, 0) is 37.4 Å². The van der Waals surface area contributed by atoms with Crippen molar-refractivity contribution in [2.75, 3.05) is 25.4 Å². The van der Waals surface area contributed by atoms with Crippen molar-refractivity contribution >= 4 is 38.5 Å². The summed E-state index contributed by atoms with van der Waals surface area (Å²) < 4.78 is 0.908. The first-order chi connectivity index (χ1) is 9.62. The molecule has 0 amide bonds. The van der Waals surface area contributed by atoms with Crippen molar-refractivity contribution in [3.05, 3.63) is 34.3 Å². The van der Waals surface area contributed by atoms with Gasteiger partial charge >= 0.3 is 0 Å². The van der Waals surface area contributed by atoms with Crippen LogP contribution in [0, 0.1) is 0 Å². The number of oxime groups is 1. The number of hydrogen-bond donors (Lipinski definition) is 1. The van der Waals surface area contributed by atoms with E-state index in [1.54, 1.807) is 24.3 Å². The summed E-state index contributed by atoms with van der Waals surface area (Å²) in [5, 5.41) is 12.3. The standard InChI is InChI=1S/C14H19BrN2O2S/c1-3-17(4-2)9-10-20-14(16-19)13(18)11-5-7-12(15)8-6-11/h5-8,19H,3-4,9-10H2,1-2H3/b16-14+. The first kappa shape index (κ1) is 17.2. The first-order valence-corrected chi connectivity index (χ1v) is 8.27. The Hall–Kier alpha value is -0.850. The highest BCUT2D eigenvalue weighted by molar-refractivity contribution is 9.10. The van der Waals surface area contributed by atoms with Gasteiger partial charge in [0, 0.05) is 22.3 Å². The Morgan fingerprint density at radius 1 is 1.30 bits per heavy atom. The maximum Gasteiger partial charge on any atom is 0.221 e. The van der Waals surface area contributed by atoms with E-state index >= 15 is 0 Å². The number of rotatable bonds is 7. The monoisotopic (exact) mass is 358 g/mol. The lowest BCUT2D eigenvalue weighted by molar-refractivity contribution is 0.106. The zero-order valence-electron chi connectivity index (χ0n) is 11.7. The van der Waals surface area contributed by atoms with Gasteiger partial charge in [-0.3, -0.25) is 4.79 Å². The van der Waals surface area contributed by atoms with Crippen LogP contribution in [0.15, 0.2) is 33.9 Å². The number of benzene rings is 1. The van der Waals surface area contributed by atoms with Gasteiger partial charge in [-0.15, -0.1) is 0 Å². The van der Waals surface area contributed by atoms with E-state index in [1.807, 2.05) is 0 Å². The SMILES string of the molecule is CCN(CC)CCS/C(=N/O)C(=O)c1ccc(Br)cc1. The average molecular weight is 359 g/mol. The molecule has 6 heteroatoms. The van der Waals surface area contributed by atoms with E-state index in [1.165, 1.54) is 11.8 Å². The molecule has 0 radical (unpaired) electrons. The molecule has 0 aliphatic heterocycles. The second kappa shape index (κ2) is 9.15. The largest absolute Gasteiger partial charge is 0.410 e. The Kier molecular flexibility index (Phi) is 7.87. The maximum atomic E-state index is 12.2. The molecule has 0 fully saturated rings. The number of carbonyl (C=O) groups is 1. The molecule has 0 aliphatic rings. The Balaban J connectivity index is 2.58. The van der Waals surface area contributed by atoms with E-state index in [0.29, 0.717) is 5.56 Å². The van der Waals surface area contributed by atoms with Gasteiger partial charge in [0.25, 0.3) is 0 Å². The second-order valence-electron chi connectivity index (χ2n) is 4.12. The Bertz CT molecular complexity index is 459. The summed E-state index contributed by atoms with van der Waals surface area (Å²) in [5.74, 6) is 0.480. The van der Waals surface area contributed by atoms with E-state index in [-0.39, 0.29) is 10.8 Å². The molecular weight excluding hydrogens is 340 g/mol. The molecule has 1 N–H and O–H groups in total. The van der Waals surface area contributed by atoms with Crippen LogP contribution in [0.4, 0.5) is 0 Å². The molecule has 0 heterocycles. The summed E-state index contributed by atoms with van der Waals surface area (Å²) in [6, 6.07) is 7.01. The number of hydrogen-bond acceptors (Lipinski definition) is 5. The van der Waals surface area contributed by atoms with Gasteiger partial charge in [-0.1, -0.05) is 46.7 Å². The van der Waals surface area contributed by atoms with Crippen molar-refractivity contribution in [3.8, 4) is 0 Å². The fourth-order valence-electron chi connectivity index (χ4n) is 1.68. The molecule has 0 saturated heterocycles. The van der Waals surface area contributed by atoms with E-state index < -0.39 is 0 Å². The Labute approximate surface area is 132 Å². The lowest BCUT2D eigenvalue weighted by Gasteiger charge is -2.17. The number of nitrogens with zero attached hydrogens (tertiary/aromatic N) is 2. The number of Topliss-reactive ketones (excluding diaryl/α,β-unsaturated/α-hetero) is 1. The van der Waals surface area contributed by atoms with Crippen LogP contribution in [-0.2, 0) is 0 Å². The zero-order chi connectivity index (χ0) is 15.0. The summed E-state index contributed by atoms with van der Waals surface area (Å²) >= 11 is 4.61. The van der Waals surface area contributed by atoms with Crippen molar-refractivity contribution in [3.63, 3.8) is 0 Å². The summed E-state index contributed by atoms with van der Waals surface area (Å²) in [6.45, 7) is 7.02. The van der Waals surface area contributed by atoms with Crippen LogP contribution >= 0.6 is 27.7 Å². The molecule has 1 rings (SSSR count). The van der Waals surface area contributed by atoms with Crippen molar-refractivity contribution in [1.29, 1.82) is 0 Å². The van der Waals surface area contributed by atoms with Gasteiger partial charge in [0.2, 0.25) is 5.78 Å². The van der Waals surface area contributed by atoms with Crippen LogP contribution < -0.4 is 0 Å². The highest BCUT2D eigenvalue weighted by Crippen LogP contribution is 2.15. The minimum atomic E-state index is -0.246. The van der Waals surface area contributed by atoms with Crippen LogP contribution in [0.5, 0.6) is 0 Å². The Morgan fingerprint density at radius 2 is 1.90 bits per heavy atom. The number of halogens is 1. The third-order valence-corrected chi connectivity index (χ3v) is 4.39. The molecule has 0 aromatic heterocycles. The summed E-state index contributed by atoms with van der Waals surface area (Å²) in [5.41, 5.74) is 0.524. The molecule has 20 heavy (non-hydrogen) atoms. The summed E-state index contributed by atoms with van der Waals surface area (Å²) in [7, 11) is 0. The predicted octanol–water partition coefficient (Wildman–Crippen LogP) is 3.49. The van der Waals surface area contributed by atoms with Gasteiger partial charge < -0.3 is 10.1 Å². The number of ketones is 1. The van der Waals surface area contributed by atoms with E-state index in [4.69, 9.17) is 5.21 Å². The van der Waals surface area contributed by atoms with Gasteiger partial charge in [0.05, 0.1) is 0 Å². The normalized spacial score (nSPS) is 11.9. The molecule has 4 nitrogen and oxygen atoms in total. The minimum Gasteiger partial charge on any atom is -0.410 e. The van der Waals surface area contributed by atoms with E-state index in [2.05, 4.69) is 39.8 Å². The molecule has 0 aliphatic carbocycles. The molecule has 0 bridgehead atoms. The third-order valence-electron chi connectivity index (χ3n) is 2.93. The average Bonchev–Trinajstić information content (AvgIpc) is 2.48. The molecule has 110 valence electrons. The summed E-state index contributed by atoms with van der Waals surface area (Å²) in [4.78, 5) is 14.4. The lowest BCUT2D eigenvalue weighted by Crippen LogP contribution is -2.26. The van der Waals surface area contributed by atoms with Crippen molar-refractivity contribution < 1.29 is 10.0 Å². The predicted molar refractivity (Wildman–Crippen MR) is 87.9 cm³/mol. The molecule has 0 spiro atoms. The van der Waals surface area contributed by atoms with Crippen LogP contribution in [0.1, 0.15) is 24.2 Å². The molecule has 0 saturated carbocycles. The molecule has 0 unspecified atom stereocenters. The molecular formula is C14H19BrN2O2S. The van der Waals surface area contributed by atoms with Gasteiger partial charge in [0.1, 0.15) is 0 Å². The van der Waals surface area contributed by atoms with Crippen LogP contribution in [0.3, 0.4) is 0 Å². The van der Waals surface area contributed by atoms with Gasteiger partial charge in [-0.2, -0.15) is 0 Å².